The molecular weight excluding hydrogens is 437 g/mol. The maximum Gasteiger partial charge on any atom is 0.350 e. The number of hydrogen-bond donors (Lipinski definition) is 1. The highest BCUT2D eigenvalue weighted by Crippen LogP contribution is 2.46. The Bertz CT molecular complexity index is 1280. The lowest BCUT2D eigenvalue weighted by molar-refractivity contribution is 0.00185. The molecule has 4 atom stereocenters. The summed E-state index contributed by atoms with van der Waals surface area (Å²) in [5.41, 5.74) is 0.611. The van der Waals surface area contributed by atoms with Crippen molar-refractivity contribution in [3.63, 3.8) is 0 Å². The molecule has 0 unspecified atom stereocenters. The second-order valence-electron chi connectivity index (χ2n) is 9.56. The quantitative estimate of drug-likeness (QED) is 0.627. The van der Waals surface area contributed by atoms with E-state index in [-0.39, 0.29) is 17.6 Å². The summed E-state index contributed by atoms with van der Waals surface area (Å²) in [7, 11) is 5.46. The van der Waals surface area contributed by atoms with Gasteiger partial charge in [-0.25, -0.2) is 14.2 Å². The van der Waals surface area contributed by atoms with Crippen molar-refractivity contribution in [3.05, 3.63) is 47.1 Å². The SMILES string of the molecule is CN(c1ccc(-c2ccc(-c3ncn(C)c(=O)n3)cc2O)nn1)[C@H]1C[C@@H]2CC[C@](C)([C@H]1F)N2C. The zero-order valence-electron chi connectivity index (χ0n) is 19.7. The van der Waals surface area contributed by atoms with E-state index in [0.717, 1.165) is 19.3 Å². The zero-order chi connectivity index (χ0) is 24.2. The number of rotatable bonds is 4. The van der Waals surface area contributed by atoms with Gasteiger partial charge in [0.15, 0.2) is 11.6 Å². The molecule has 2 saturated heterocycles. The van der Waals surface area contributed by atoms with Crippen LogP contribution in [0.5, 0.6) is 5.75 Å². The van der Waals surface area contributed by atoms with E-state index in [1.54, 1.807) is 31.3 Å². The van der Waals surface area contributed by atoms with Crippen LogP contribution in [-0.4, -0.2) is 72.6 Å². The van der Waals surface area contributed by atoms with E-state index in [4.69, 9.17) is 0 Å². The van der Waals surface area contributed by atoms with Gasteiger partial charge in [0.1, 0.15) is 18.2 Å². The normalized spacial score (nSPS) is 26.6. The Morgan fingerprint density at radius 2 is 2.00 bits per heavy atom. The Balaban J connectivity index is 1.37. The van der Waals surface area contributed by atoms with Crippen LogP contribution < -0.4 is 10.6 Å². The first kappa shape index (κ1) is 22.4. The van der Waals surface area contributed by atoms with Gasteiger partial charge >= 0.3 is 5.69 Å². The first-order valence-corrected chi connectivity index (χ1v) is 11.4. The zero-order valence-corrected chi connectivity index (χ0v) is 19.7. The lowest BCUT2D eigenvalue weighted by atomic mass is 9.84. The minimum atomic E-state index is -0.989. The number of aromatic hydroxyl groups is 1. The molecule has 0 saturated carbocycles. The Kier molecular flexibility index (Phi) is 5.35. The molecule has 5 rings (SSSR count). The summed E-state index contributed by atoms with van der Waals surface area (Å²) in [6.45, 7) is 2.01. The second-order valence-corrected chi connectivity index (χ2v) is 9.56. The number of nitrogens with zero attached hydrogens (tertiary/aromatic N) is 7. The van der Waals surface area contributed by atoms with Gasteiger partial charge < -0.3 is 10.0 Å². The number of phenolic OH excluding ortho intramolecular Hbond substituents is 1. The molecule has 2 aliphatic heterocycles. The van der Waals surface area contributed by atoms with Crippen molar-refractivity contribution in [3.8, 4) is 28.4 Å². The van der Waals surface area contributed by atoms with Crippen molar-refractivity contribution >= 4 is 5.82 Å². The molecule has 1 N–H and O–H groups in total. The minimum absolute atomic E-state index is 0.0270. The van der Waals surface area contributed by atoms with Gasteiger partial charge in [0, 0.05) is 31.3 Å². The fourth-order valence-corrected chi connectivity index (χ4v) is 5.26. The third-order valence-corrected chi connectivity index (χ3v) is 7.68. The molecule has 2 aliphatic rings. The van der Waals surface area contributed by atoms with Gasteiger partial charge in [-0.2, -0.15) is 4.98 Å². The monoisotopic (exact) mass is 465 g/mol. The molecule has 0 spiro atoms. The molecule has 2 fully saturated rings. The average molecular weight is 466 g/mol. The van der Waals surface area contributed by atoms with Gasteiger partial charge in [-0.3, -0.25) is 9.47 Å². The lowest BCUT2D eigenvalue weighted by Crippen LogP contribution is -2.62. The van der Waals surface area contributed by atoms with E-state index in [0.29, 0.717) is 28.7 Å². The highest BCUT2D eigenvalue weighted by molar-refractivity contribution is 5.72. The van der Waals surface area contributed by atoms with Gasteiger partial charge in [0.05, 0.1) is 17.3 Å². The third-order valence-electron chi connectivity index (χ3n) is 7.68. The lowest BCUT2D eigenvalue weighted by Gasteiger charge is -2.49. The number of benzene rings is 1. The molecule has 2 aromatic heterocycles. The molecule has 0 amide bonds. The average Bonchev–Trinajstić information content (AvgIpc) is 3.04. The molecular formula is C24H28FN7O2. The number of anilines is 1. The van der Waals surface area contributed by atoms with E-state index in [1.807, 2.05) is 25.9 Å². The van der Waals surface area contributed by atoms with E-state index in [1.165, 1.54) is 17.0 Å². The van der Waals surface area contributed by atoms with Crippen molar-refractivity contribution in [2.45, 2.75) is 50.0 Å². The Morgan fingerprint density at radius 3 is 2.68 bits per heavy atom. The first-order valence-electron chi connectivity index (χ1n) is 11.4. The van der Waals surface area contributed by atoms with Crippen molar-refractivity contribution in [1.82, 2.24) is 29.6 Å². The fourth-order valence-electron chi connectivity index (χ4n) is 5.26. The van der Waals surface area contributed by atoms with Crippen LogP contribution in [-0.2, 0) is 7.05 Å². The number of fused-ring (bicyclic) bond motifs is 2. The van der Waals surface area contributed by atoms with E-state index >= 15 is 4.39 Å². The van der Waals surface area contributed by atoms with Crippen molar-refractivity contribution in [1.29, 1.82) is 0 Å². The summed E-state index contributed by atoms with van der Waals surface area (Å²) in [6, 6.07) is 8.57. The van der Waals surface area contributed by atoms with Crippen LogP contribution >= 0.6 is 0 Å². The summed E-state index contributed by atoms with van der Waals surface area (Å²) < 4.78 is 16.8. The standard InChI is InChI=1S/C24H28FN7O2/c1-24-10-9-15(32(24)4)12-18(21(24)25)31(3)20-8-7-17(28-29-20)16-6-5-14(11-19(16)33)22-26-13-30(2)23(34)27-22/h5-8,11,13,15,18,21,33H,9-10,12H2,1-4H3/t15-,18-,21-,24+/m0/s1. The maximum absolute atomic E-state index is 15.5. The Hall–Kier alpha value is -3.40. The van der Waals surface area contributed by atoms with Gasteiger partial charge in [0.2, 0.25) is 0 Å². The van der Waals surface area contributed by atoms with Gasteiger partial charge in [-0.15, -0.1) is 10.2 Å². The summed E-state index contributed by atoms with van der Waals surface area (Å²) in [4.78, 5) is 23.9. The first-order chi connectivity index (χ1) is 16.2. The molecule has 4 heterocycles. The molecule has 0 aliphatic carbocycles. The summed E-state index contributed by atoms with van der Waals surface area (Å²) in [6.07, 6.45) is 3.02. The summed E-state index contributed by atoms with van der Waals surface area (Å²) >= 11 is 0. The van der Waals surface area contributed by atoms with Gasteiger partial charge in [-0.05, 0) is 57.5 Å². The molecule has 0 radical (unpaired) electrons. The number of piperidine rings is 1. The summed E-state index contributed by atoms with van der Waals surface area (Å²) in [5.74, 6) is 0.795. The topological polar surface area (TPSA) is 100 Å². The van der Waals surface area contributed by atoms with E-state index < -0.39 is 17.4 Å². The fraction of sp³-hybridized carbons (Fsp3) is 0.458. The molecule has 1 aromatic carbocycles. The van der Waals surface area contributed by atoms with Crippen LogP contribution in [0.2, 0.25) is 0 Å². The predicted octanol–water partition coefficient (Wildman–Crippen LogP) is 2.40. The van der Waals surface area contributed by atoms with E-state index in [9.17, 15) is 9.90 Å². The van der Waals surface area contributed by atoms with Gasteiger partial charge in [-0.1, -0.05) is 6.07 Å². The number of halogens is 1. The molecule has 10 heteroatoms. The van der Waals surface area contributed by atoms with Crippen LogP contribution in [0.3, 0.4) is 0 Å². The number of alkyl halides is 1. The highest BCUT2D eigenvalue weighted by Gasteiger charge is 2.55. The largest absolute Gasteiger partial charge is 0.507 e. The molecule has 3 aromatic rings. The molecule has 178 valence electrons. The Morgan fingerprint density at radius 1 is 1.21 bits per heavy atom. The van der Waals surface area contributed by atoms with Crippen LogP contribution in [0.15, 0.2) is 41.5 Å². The minimum Gasteiger partial charge on any atom is -0.507 e. The smallest absolute Gasteiger partial charge is 0.350 e. The van der Waals surface area contributed by atoms with Crippen LogP contribution in [0.1, 0.15) is 26.2 Å². The Labute approximate surface area is 196 Å². The number of hydrogen-bond acceptors (Lipinski definition) is 8. The van der Waals surface area contributed by atoms with Crippen molar-refractivity contribution < 1.29 is 9.50 Å². The highest BCUT2D eigenvalue weighted by atomic mass is 19.1. The van der Waals surface area contributed by atoms with Crippen molar-refractivity contribution in [2.24, 2.45) is 7.05 Å². The molecule has 34 heavy (non-hydrogen) atoms. The summed E-state index contributed by atoms with van der Waals surface area (Å²) in [5, 5.41) is 19.2. The number of phenols is 1. The predicted molar refractivity (Wildman–Crippen MR) is 126 cm³/mol. The van der Waals surface area contributed by atoms with Crippen LogP contribution in [0.25, 0.3) is 22.6 Å². The second kappa shape index (κ2) is 8.12. The van der Waals surface area contributed by atoms with Crippen LogP contribution in [0.4, 0.5) is 10.2 Å². The molecule has 9 nitrogen and oxygen atoms in total. The van der Waals surface area contributed by atoms with Crippen LogP contribution in [0, 0.1) is 0 Å². The number of aryl methyl sites for hydroxylation is 1. The van der Waals surface area contributed by atoms with Gasteiger partial charge in [0.25, 0.3) is 0 Å². The number of aromatic nitrogens is 5. The maximum atomic E-state index is 15.5. The third kappa shape index (κ3) is 3.53. The van der Waals surface area contributed by atoms with E-state index in [2.05, 4.69) is 25.1 Å². The van der Waals surface area contributed by atoms with Crippen molar-refractivity contribution in [2.75, 3.05) is 19.0 Å². The molecule has 2 bridgehead atoms.